The summed E-state index contributed by atoms with van der Waals surface area (Å²) in [6.45, 7) is 1.58. The number of carbonyl (C=O) groups is 2. The molecule has 7 heteroatoms. The average molecular weight is 337 g/mol. The van der Waals surface area contributed by atoms with Crippen molar-refractivity contribution in [3.05, 3.63) is 57.0 Å². The average Bonchev–Trinajstić information content (AvgIpc) is 2.96. The first-order valence-corrected chi connectivity index (χ1v) is 7.76. The van der Waals surface area contributed by atoms with Crippen LogP contribution in [0.5, 0.6) is 0 Å². The zero-order valence-electron chi connectivity index (χ0n) is 12.4. The van der Waals surface area contributed by atoms with Gasteiger partial charge in [-0.25, -0.2) is 9.18 Å². The molecule has 0 aliphatic carbocycles. The number of aromatic carboxylic acids is 1. The maximum absolute atomic E-state index is 13.4. The summed E-state index contributed by atoms with van der Waals surface area (Å²) in [5.41, 5.74) is 1.47. The lowest BCUT2D eigenvalue weighted by Gasteiger charge is -2.13. The molecule has 1 amide bonds. The lowest BCUT2D eigenvalue weighted by atomic mass is 10.1. The Balaban J connectivity index is 1.87. The van der Waals surface area contributed by atoms with Gasteiger partial charge < -0.3 is 15.5 Å². The molecule has 0 spiro atoms. The molecular formula is C16H16FNO4S. The molecule has 0 radical (unpaired) electrons. The fraction of sp³-hybridized carbons (Fsp3) is 0.250. The van der Waals surface area contributed by atoms with Gasteiger partial charge in [0.2, 0.25) is 5.91 Å². The van der Waals surface area contributed by atoms with Crippen LogP contribution in [-0.4, -0.2) is 28.6 Å². The third-order valence-corrected chi connectivity index (χ3v) is 4.27. The molecule has 2 aromatic rings. The van der Waals surface area contributed by atoms with E-state index in [9.17, 15) is 19.1 Å². The smallest absolute Gasteiger partial charge is 0.345 e. The molecule has 5 nitrogen and oxygen atoms in total. The molecule has 0 aliphatic heterocycles. The highest BCUT2D eigenvalue weighted by molar-refractivity contribution is 7.12. The van der Waals surface area contributed by atoms with Crippen LogP contribution in [0.4, 0.5) is 4.39 Å². The number of aliphatic hydroxyl groups is 1. The van der Waals surface area contributed by atoms with E-state index < -0.39 is 17.9 Å². The van der Waals surface area contributed by atoms with Crippen LogP contribution in [0.2, 0.25) is 0 Å². The minimum atomic E-state index is -1.03. The number of hydrogen-bond donors (Lipinski definition) is 3. The number of carboxylic acid groups (broad SMARTS) is 1. The minimum absolute atomic E-state index is 0.0265. The van der Waals surface area contributed by atoms with Crippen molar-refractivity contribution in [3.8, 4) is 0 Å². The SMILES string of the molecule is Cc1ccc(C(O)CNC(=O)Cc2csc(C(=O)O)c2)cc1F. The van der Waals surface area contributed by atoms with Crippen molar-refractivity contribution in [2.45, 2.75) is 19.4 Å². The Kier molecular flexibility index (Phi) is 5.46. The van der Waals surface area contributed by atoms with Crippen molar-refractivity contribution in [2.24, 2.45) is 0 Å². The highest BCUT2D eigenvalue weighted by atomic mass is 32.1. The van der Waals surface area contributed by atoms with Crippen LogP contribution in [0.3, 0.4) is 0 Å². The fourth-order valence-corrected chi connectivity index (χ4v) is 2.72. The zero-order valence-corrected chi connectivity index (χ0v) is 13.2. The first kappa shape index (κ1) is 17.1. The summed E-state index contributed by atoms with van der Waals surface area (Å²) in [6.07, 6.45) is -0.982. The van der Waals surface area contributed by atoms with Gasteiger partial charge in [0.15, 0.2) is 0 Å². The molecule has 0 saturated carbocycles. The maximum atomic E-state index is 13.4. The number of amides is 1. The Morgan fingerprint density at radius 3 is 2.70 bits per heavy atom. The van der Waals surface area contributed by atoms with Crippen LogP contribution >= 0.6 is 11.3 Å². The summed E-state index contributed by atoms with van der Waals surface area (Å²) in [7, 11) is 0. The second-order valence-electron chi connectivity index (χ2n) is 5.13. The van der Waals surface area contributed by atoms with E-state index in [0.717, 1.165) is 11.3 Å². The molecule has 122 valence electrons. The van der Waals surface area contributed by atoms with E-state index in [1.165, 1.54) is 12.1 Å². The molecule has 0 saturated heterocycles. The van der Waals surface area contributed by atoms with E-state index in [1.807, 2.05) is 0 Å². The second kappa shape index (κ2) is 7.34. The monoisotopic (exact) mass is 337 g/mol. The van der Waals surface area contributed by atoms with Gasteiger partial charge in [0, 0.05) is 6.54 Å². The van der Waals surface area contributed by atoms with Crippen LogP contribution in [0.25, 0.3) is 0 Å². The molecule has 3 N–H and O–H groups in total. The van der Waals surface area contributed by atoms with Gasteiger partial charge in [-0.15, -0.1) is 11.3 Å². The molecule has 1 heterocycles. The van der Waals surface area contributed by atoms with Gasteiger partial charge in [-0.1, -0.05) is 12.1 Å². The number of rotatable bonds is 6. The number of benzene rings is 1. The molecular weight excluding hydrogens is 321 g/mol. The fourth-order valence-electron chi connectivity index (χ4n) is 1.97. The molecule has 1 aromatic heterocycles. The van der Waals surface area contributed by atoms with E-state index in [1.54, 1.807) is 24.4 Å². The van der Waals surface area contributed by atoms with Crippen LogP contribution in [0.1, 0.15) is 32.5 Å². The number of carbonyl (C=O) groups excluding carboxylic acids is 1. The summed E-state index contributed by atoms with van der Waals surface area (Å²) in [5.74, 6) is -1.78. The molecule has 2 rings (SSSR count). The predicted molar refractivity (Wildman–Crippen MR) is 84.1 cm³/mol. The quantitative estimate of drug-likeness (QED) is 0.755. The number of carboxylic acids is 1. The van der Waals surface area contributed by atoms with Gasteiger partial charge in [-0.05, 0) is 41.1 Å². The Morgan fingerprint density at radius 1 is 1.35 bits per heavy atom. The first-order chi connectivity index (χ1) is 10.9. The van der Waals surface area contributed by atoms with Crippen molar-refractivity contribution in [1.82, 2.24) is 5.32 Å². The minimum Gasteiger partial charge on any atom is -0.477 e. The standard InChI is InChI=1S/C16H16FNO4S/c1-9-2-3-11(6-12(9)17)13(19)7-18-15(20)5-10-4-14(16(21)22)23-8-10/h2-4,6,8,13,19H,5,7H2,1H3,(H,18,20)(H,21,22). The van der Waals surface area contributed by atoms with Crippen molar-refractivity contribution >= 4 is 23.2 Å². The van der Waals surface area contributed by atoms with E-state index >= 15 is 0 Å². The molecule has 0 bridgehead atoms. The summed E-state index contributed by atoms with van der Waals surface area (Å²) in [5, 5.41) is 22.9. The largest absolute Gasteiger partial charge is 0.477 e. The van der Waals surface area contributed by atoms with E-state index in [2.05, 4.69) is 5.32 Å². The van der Waals surface area contributed by atoms with Gasteiger partial charge in [-0.2, -0.15) is 0 Å². The van der Waals surface area contributed by atoms with Crippen LogP contribution in [-0.2, 0) is 11.2 Å². The number of aliphatic hydroxyl groups excluding tert-OH is 1. The van der Waals surface area contributed by atoms with Crippen LogP contribution < -0.4 is 5.32 Å². The van der Waals surface area contributed by atoms with Crippen molar-refractivity contribution in [3.63, 3.8) is 0 Å². The first-order valence-electron chi connectivity index (χ1n) is 6.88. The van der Waals surface area contributed by atoms with Crippen LogP contribution in [0.15, 0.2) is 29.6 Å². The van der Waals surface area contributed by atoms with Gasteiger partial charge in [0.1, 0.15) is 10.7 Å². The number of hydrogen-bond acceptors (Lipinski definition) is 4. The normalized spacial score (nSPS) is 12.0. The molecule has 23 heavy (non-hydrogen) atoms. The van der Waals surface area contributed by atoms with Gasteiger partial charge in [0.25, 0.3) is 0 Å². The summed E-state index contributed by atoms with van der Waals surface area (Å²) < 4.78 is 13.4. The van der Waals surface area contributed by atoms with Gasteiger partial charge in [-0.3, -0.25) is 4.79 Å². The summed E-state index contributed by atoms with van der Waals surface area (Å²) in [4.78, 5) is 22.7. The molecule has 0 aliphatic rings. The lowest BCUT2D eigenvalue weighted by molar-refractivity contribution is -0.120. The zero-order chi connectivity index (χ0) is 17.0. The van der Waals surface area contributed by atoms with Crippen molar-refractivity contribution in [1.29, 1.82) is 0 Å². The number of halogens is 1. The molecule has 1 unspecified atom stereocenters. The second-order valence-corrected chi connectivity index (χ2v) is 6.04. The molecule has 1 atom stereocenters. The van der Waals surface area contributed by atoms with Crippen molar-refractivity contribution < 1.29 is 24.2 Å². The summed E-state index contributed by atoms with van der Waals surface area (Å²) in [6, 6.07) is 5.85. The third kappa shape index (κ3) is 4.61. The predicted octanol–water partition coefficient (Wildman–Crippen LogP) is 2.29. The number of thiophene rings is 1. The third-order valence-electron chi connectivity index (χ3n) is 3.30. The molecule has 0 fully saturated rings. The Morgan fingerprint density at radius 2 is 2.09 bits per heavy atom. The molecule has 1 aromatic carbocycles. The highest BCUT2D eigenvalue weighted by Crippen LogP contribution is 2.17. The van der Waals surface area contributed by atoms with E-state index in [4.69, 9.17) is 5.11 Å². The Labute approximate surface area is 136 Å². The maximum Gasteiger partial charge on any atom is 0.345 e. The number of aryl methyl sites for hydroxylation is 1. The highest BCUT2D eigenvalue weighted by Gasteiger charge is 2.13. The van der Waals surface area contributed by atoms with E-state index in [0.29, 0.717) is 16.7 Å². The van der Waals surface area contributed by atoms with Crippen molar-refractivity contribution in [2.75, 3.05) is 6.54 Å². The summed E-state index contributed by atoms with van der Waals surface area (Å²) >= 11 is 1.05. The lowest BCUT2D eigenvalue weighted by Crippen LogP contribution is -2.29. The topological polar surface area (TPSA) is 86.6 Å². The Bertz CT molecular complexity index is 729. The van der Waals surface area contributed by atoms with E-state index in [-0.39, 0.29) is 23.7 Å². The van der Waals surface area contributed by atoms with Gasteiger partial charge in [0.05, 0.1) is 12.5 Å². The Hall–Kier alpha value is -2.25. The van der Waals surface area contributed by atoms with Gasteiger partial charge >= 0.3 is 5.97 Å². The number of nitrogens with one attached hydrogen (secondary N) is 1. The van der Waals surface area contributed by atoms with Crippen LogP contribution in [0, 0.1) is 12.7 Å².